The molecule has 21 heavy (non-hydrogen) atoms. The summed E-state index contributed by atoms with van der Waals surface area (Å²) >= 11 is 2.27. The van der Waals surface area contributed by atoms with E-state index in [-0.39, 0.29) is 11.9 Å². The molecule has 108 valence electrons. The number of anilines is 2. The van der Waals surface area contributed by atoms with E-state index in [1.54, 1.807) is 0 Å². The first kappa shape index (κ1) is 14.4. The van der Waals surface area contributed by atoms with Gasteiger partial charge in [-0.25, -0.2) is 0 Å². The number of nitrogens with zero attached hydrogens (tertiary/aromatic N) is 1. The predicted molar refractivity (Wildman–Crippen MR) is 94.7 cm³/mol. The maximum Gasteiger partial charge on any atom is 0.246 e. The largest absolute Gasteiger partial charge is 0.376 e. The molecule has 1 heterocycles. The maximum absolute atomic E-state index is 12.5. The third-order valence-corrected chi connectivity index (χ3v) is 4.48. The Kier molecular flexibility index (Phi) is 4.14. The second-order valence-corrected chi connectivity index (χ2v) is 6.55. The summed E-state index contributed by atoms with van der Waals surface area (Å²) in [4.78, 5) is 14.4. The zero-order valence-electron chi connectivity index (χ0n) is 11.8. The van der Waals surface area contributed by atoms with E-state index < -0.39 is 0 Å². The molecule has 1 amide bonds. The van der Waals surface area contributed by atoms with Gasteiger partial charge in [0, 0.05) is 21.0 Å². The van der Waals surface area contributed by atoms with E-state index in [0.717, 1.165) is 17.8 Å². The van der Waals surface area contributed by atoms with Crippen LogP contribution in [0.1, 0.15) is 12.5 Å². The lowest BCUT2D eigenvalue weighted by molar-refractivity contribution is -0.117. The Morgan fingerprint density at radius 1 is 1.24 bits per heavy atom. The number of amides is 1. The molecule has 1 aliphatic rings. The van der Waals surface area contributed by atoms with Crippen LogP contribution < -0.4 is 10.2 Å². The number of para-hydroxylation sites is 1. The predicted octanol–water partition coefficient (Wildman–Crippen LogP) is 3.68. The molecule has 1 N–H and O–H groups in total. The van der Waals surface area contributed by atoms with Gasteiger partial charge < -0.3 is 10.2 Å². The van der Waals surface area contributed by atoms with Crippen LogP contribution in [-0.4, -0.2) is 18.5 Å². The average Bonchev–Trinajstić information content (AvgIpc) is 2.82. The topological polar surface area (TPSA) is 32.3 Å². The highest BCUT2D eigenvalue weighted by molar-refractivity contribution is 14.1. The average molecular weight is 392 g/mol. The number of carbonyl (C=O) groups excluding carboxylic acids is 1. The fraction of sp³-hybridized carbons (Fsp3) is 0.235. The third kappa shape index (κ3) is 3.05. The summed E-state index contributed by atoms with van der Waals surface area (Å²) in [5.74, 6) is 0.117. The van der Waals surface area contributed by atoms with Gasteiger partial charge in [-0.2, -0.15) is 0 Å². The van der Waals surface area contributed by atoms with Crippen molar-refractivity contribution in [3.8, 4) is 0 Å². The number of fused-ring (bicyclic) bond motifs is 1. The van der Waals surface area contributed by atoms with Crippen molar-refractivity contribution < 1.29 is 4.79 Å². The van der Waals surface area contributed by atoms with Gasteiger partial charge in [-0.05, 0) is 71.8 Å². The van der Waals surface area contributed by atoms with Crippen molar-refractivity contribution in [2.75, 3.05) is 16.8 Å². The molecule has 4 heteroatoms. The molecule has 2 aromatic rings. The molecule has 0 fully saturated rings. The van der Waals surface area contributed by atoms with Gasteiger partial charge in [0.2, 0.25) is 5.91 Å². The van der Waals surface area contributed by atoms with E-state index in [4.69, 9.17) is 0 Å². The van der Waals surface area contributed by atoms with Gasteiger partial charge >= 0.3 is 0 Å². The second kappa shape index (κ2) is 6.05. The molecule has 3 rings (SSSR count). The van der Waals surface area contributed by atoms with E-state index in [0.29, 0.717) is 6.54 Å². The molecule has 0 aliphatic carbocycles. The van der Waals surface area contributed by atoms with Gasteiger partial charge in [-0.3, -0.25) is 4.79 Å². The summed E-state index contributed by atoms with van der Waals surface area (Å²) in [6.45, 7) is 2.42. The monoisotopic (exact) mass is 392 g/mol. The van der Waals surface area contributed by atoms with Crippen molar-refractivity contribution in [1.82, 2.24) is 0 Å². The molecule has 0 spiro atoms. The van der Waals surface area contributed by atoms with E-state index >= 15 is 0 Å². The van der Waals surface area contributed by atoms with Crippen LogP contribution in [0.5, 0.6) is 0 Å². The summed E-state index contributed by atoms with van der Waals surface area (Å²) in [5.41, 5.74) is 3.29. The smallest absolute Gasteiger partial charge is 0.246 e. The number of halogens is 1. The molecule has 0 radical (unpaired) electrons. The van der Waals surface area contributed by atoms with Gasteiger partial charge in [0.05, 0.1) is 6.54 Å². The minimum Gasteiger partial charge on any atom is -0.376 e. The van der Waals surface area contributed by atoms with Crippen molar-refractivity contribution in [1.29, 1.82) is 0 Å². The number of hydrogen-bond acceptors (Lipinski definition) is 2. The van der Waals surface area contributed by atoms with Crippen LogP contribution in [0.15, 0.2) is 48.5 Å². The van der Waals surface area contributed by atoms with Crippen molar-refractivity contribution in [2.24, 2.45) is 0 Å². The summed E-state index contributed by atoms with van der Waals surface area (Å²) in [6.07, 6.45) is 0.936. The molecule has 0 saturated heterocycles. The van der Waals surface area contributed by atoms with E-state index in [1.165, 1.54) is 9.13 Å². The minimum atomic E-state index is 0.117. The van der Waals surface area contributed by atoms with Crippen LogP contribution in [0.3, 0.4) is 0 Å². The van der Waals surface area contributed by atoms with Crippen LogP contribution in [0.2, 0.25) is 0 Å². The molecule has 3 nitrogen and oxygen atoms in total. The van der Waals surface area contributed by atoms with Gasteiger partial charge in [0.15, 0.2) is 0 Å². The summed E-state index contributed by atoms with van der Waals surface area (Å²) in [7, 11) is 0. The fourth-order valence-corrected chi connectivity index (χ4v) is 3.14. The van der Waals surface area contributed by atoms with Crippen molar-refractivity contribution in [3.63, 3.8) is 0 Å². The Hall–Kier alpha value is -1.56. The van der Waals surface area contributed by atoms with E-state index in [9.17, 15) is 4.79 Å². The Morgan fingerprint density at radius 2 is 1.95 bits per heavy atom. The number of hydrogen-bond donors (Lipinski definition) is 1. The Labute approximate surface area is 138 Å². The molecule has 2 aromatic carbocycles. The van der Waals surface area contributed by atoms with E-state index in [1.807, 2.05) is 47.4 Å². The summed E-state index contributed by atoms with van der Waals surface area (Å²) < 4.78 is 1.19. The number of nitrogens with one attached hydrogen (secondary N) is 1. The highest BCUT2D eigenvalue weighted by atomic mass is 127. The van der Waals surface area contributed by atoms with Crippen LogP contribution in [0, 0.1) is 3.57 Å². The van der Waals surface area contributed by atoms with Crippen molar-refractivity contribution in [3.05, 3.63) is 57.7 Å². The zero-order chi connectivity index (χ0) is 14.8. The molecule has 0 saturated carbocycles. The Morgan fingerprint density at radius 3 is 2.71 bits per heavy atom. The highest BCUT2D eigenvalue weighted by Gasteiger charge is 2.29. The quantitative estimate of drug-likeness (QED) is 0.809. The minimum absolute atomic E-state index is 0.117. The lowest BCUT2D eigenvalue weighted by Gasteiger charge is -2.23. The van der Waals surface area contributed by atoms with Gasteiger partial charge in [0.1, 0.15) is 0 Å². The Balaban J connectivity index is 1.70. The molecule has 0 bridgehead atoms. The number of benzene rings is 2. The first-order valence-electron chi connectivity index (χ1n) is 7.04. The van der Waals surface area contributed by atoms with E-state index in [2.05, 4.69) is 40.9 Å². The Bertz CT molecular complexity index is 654. The first-order valence-corrected chi connectivity index (χ1v) is 8.12. The fourth-order valence-electron chi connectivity index (χ4n) is 2.78. The SMILES string of the molecule is C[C@H]1Cc2ccccc2N1C(=O)CNc1ccc(I)cc1. The standard InChI is InChI=1S/C17H17IN2O/c1-12-10-13-4-2-3-5-16(13)20(12)17(21)11-19-15-8-6-14(18)7-9-15/h2-9,12,19H,10-11H2,1H3/t12-/m0/s1. The molecule has 0 unspecified atom stereocenters. The molecular weight excluding hydrogens is 375 g/mol. The highest BCUT2D eigenvalue weighted by Crippen LogP contribution is 2.31. The second-order valence-electron chi connectivity index (χ2n) is 5.31. The molecular formula is C17H17IN2O. The summed E-state index contributed by atoms with van der Waals surface area (Å²) in [5, 5.41) is 3.21. The third-order valence-electron chi connectivity index (χ3n) is 3.76. The zero-order valence-corrected chi connectivity index (χ0v) is 14.0. The van der Waals surface area contributed by atoms with Crippen molar-refractivity contribution >= 4 is 39.9 Å². The molecule has 1 atom stereocenters. The van der Waals surface area contributed by atoms with Crippen LogP contribution >= 0.6 is 22.6 Å². The lowest BCUT2D eigenvalue weighted by Crippen LogP contribution is -2.39. The number of rotatable bonds is 3. The molecule has 1 aliphatic heterocycles. The van der Waals surface area contributed by atoms with Crippen molar-refractivity contribution in [2.45, 2.75) is 19.4 Å². The van der Waals surface area contributed by atoms with Crippen LogP contribution in [0.4, 0.5) is 11.4 Å². The normalized spacial score (nSPS) is 16.7. The van der Waals surface area contributed by atoms with Crippen LogP contribution in [-0.2, 0) is 11.2 Å². The first-order chi connectivity index (χ1) is 10.1. The van der Waals surface area contributed by atoms with Crippen LogP contribution in [0.25, 0.3) is 0 Å². The number of carbonyl (C=O) groups is 1. The van der Waals surface area contributed by atoms with Gasteiger partial charge in [-0.15, -0.1) is 0 Å². The van der Waals surface area contributed by atoms with Gasteiger partial charge in [-0.1, -0.05) is 18.2 Å². The van der Waals surface area contributed by atoms with Gasteiger partial charge in [0.25, 0.3) is 0 Å². The molecule has 0 aromatic heterocycles. The lowest BCUT2D eigenvalue weighted by atomic mass is 10.1. The summed E-state index contributed by atoms with van der Waals surface area (Å²) in [6, 6.07) is 16.4. The maximum atomic E-state index is 12.5.